The van der Waals surface area contributed by atoms with Crippen LogP contribution >= 0.6 is 24.0 Å². The molecule has 0 saturated heterocycles. The highest BCUT2D eigenvalue weighted by Crippen LogP contribution is 2.27. The van der Waals surface area contributed by atoms with E-state index < -0.39 is 10.0 Å². The highest BCUT2D eigenvalue weighted by molar-refractivity contribution is 14.0. The molecule has 130 valence electrons. The summed E-state index contributed by atoms with van der Waals surface area (Å²) in [7, 11) is -3.15. The molecule has 0 spiro atoms. The molecular formula is C15H25IN4O2S. The Kier molecular flexibility index (Phi) is 8.27. The Hall–Kier alpha value is -0.870. The number of guanidine groups is 1. The molecule has 1 aromatic rings. The van der Waals surface area contributed by atoms with Crippen LogP contribution in [-0.4, -0.2) is 46.3 Å². The molecule has 0 aromatic heterocycles. The average molecular weight is 452 g/mol. The van der Waals surface area contributed by atoms with E-state index in [0.29, 0.717) is 13.1 Å². The first-order chi connectivity index (χ1) is 10.6. The van der Waals surface area contributed by atoms with Crippen LogP contribution in [0.4, 0.5) is 5.69 Å². The zero-order valence-electron chi connectivity index (χ0n) is 13.6. The molecule has 0 unspecified atom stereocenters. The number of benzene rings is 1. The summed E-state index contributed by atoms with van der Waals surface area (Å²) in [5.41, 5.74) is 2.50. The first-order valence-corrected chi connectivity index (χ1v) is 9.33. The summed E-state index contributed by atoms with van der Waals surface area (Å²) in [6.45, 7) is 6.05. The number of para-hydroxylation sites is 1. The monoisotopic (exact) mass is 452 g/mol. The number of sulfonamides is 1. The van der Waals surface area contributed by atoms with Crippen molar-refractivity contribution in [2.45, 2.75) is 20.3 Å². The highest BCUT2D eigenvalue weighted by Gasteiger charge is 2.22. The van der Waals surface area contributed by atoms with Crippen LogP contribution in [0.15, 0.2) is 29.3 Å². The number of nitrogens with zero attached hydrogens (tertiary/aromatic N) is 2. The minimum absolute atomic E-state index is 0. The van der Waals surface area contributed by atoms with Gasteiger partial charge in [0.15, 0.2) is 5.96 Å². The summed E-state index contributed by atoms with van der Waals surface area (Å²) in [6.07, 6.45) is 1.00. The molecule has 0 saturated carbocycles. The fraction of sp³-hybridized carbons (Fsp3) is 0.533. The smallest absolute Gasteiger partial charge is 0.211 e. The van der Waals surface area contributed by atoms with Crippen molar-refractivity contribution in [1.82, 2.24) is 10.0 Å². The Morgan fingerprint density at radius 2 is 2.04 bits per heavy atom. The van der Waals surface area contributed by atoms with Gasteiger partial charge in [0.1, 0.15) is 0 Å². The quantitative estimate of drug-likeness (QED) is 0.298. The number of rotatable bonds is 6. The van der Waals surface area contributed by atoms with Gasteiger partial charge in [0.2, 0.25) is 10.0 Å². The van der Waals surface area contributed by atoms with Gasteiger partial charge >= 0.3 is 0 Å². The molecule has 0 bridgehead atoms. The molecule has 0 amide bonds. The second-order valence-corrected chi connectivity index (χ2v) is 7.16. The van der Waals surface area contributed by atoms with E-state index in [9.17, 15) is 8.42 Å². The fourth-order valence-electron chi connectivity index (χ4n) is 2.42. The predicted octanol–water partition coefficient (Wildman–Crippen LogP) is 1.57. The van der Waals surface area contributed by atoms with Gasteiger partial charge in [0.05, 0.1) is 12.3 Å². The molecule has 1 aliphatic heterocycles. The van der Waals surface area contributed by atoms with Crippen molar-refractivity contribution in [2.24, 2.45) is 4.99 Å². The van der Waals surface area contributed by atoms with E-state index in [0.717, 1.165) is 25.5 Å². The van der Waals surface area contributed by atoms with Crippen molar-refractivity contribution >= 4 is 45.6 Å². The lowest BCUT2D eigenvalue weighted by Gasteiger charge is -2.22. The molecule has 1 aromatic carbocycles. The Labute approximate surface area is 155 Å². The summed E-state index contributed by atoms with van der Waals surface area (Å²) in [5, 5.41) is 3.28. The zero-order chi connectivity index (χ0) is 16.0. The van der Waals surface area contributed by atoms with E-state index in [1.54, 1.807) is 6.92 Å². The number of aliphatic imine (C=N–C) groups is 1. The normalized spacial score (nSPS) is 14.3. The van der Waals surface area contributed by atoms with Gasteiger partial charge in [-0.05, 0) is 31.9 Å². The molecule has 0 atom stereocenters. The Bertz CT molecular complexity index is 634. The van der Waals surface area contributed by atoms with Gasteiger partial charge in [-0.2, -0.15) is 0 Å². The Balaban J connectivity index is 0.00000264. The molecule has 23 heavy (non-hydrogen) atoms. The summed E-state index contributed by atoms with van der Waals surface area (Å²) in [4.78, 5) is 6.70. The highest BCUT2D eigenvalue weighted by atomic mass is 127. The van der Waals surface area contributed by atoms with E-state index in [-0.39, 0.29) is 29.7 Å². The van der Waals surface area contributed by atoms with Gasteiger partial charge < -0.3 is 10.2 Å². The van der Waals surface area contributed by atoms with Crippen LogP contribution in [0.1, 0.15) is 19.4 Å². The second-order valence-electron chi connectivity index (χ2n) is 5.06. The predicted molar refractivity (Wildman–Crippen MR) is 106 cm³/mol. The average Bonchev–Trinajstić information content (AvgIpc) is 2.94. The maximum absolute atomic E-state index is 11.4. The number of halogens is 1. The first-order valence-electron chi connectivity index (χ1n) is 7.68. The van der Waals surface area contributed by atoms with Gasteiger partial charge in [0, 0.05) is 25.3 Å². The molecule has 2 rings (SSSR count). The lowest BCUT2D eigenvalue weighted by molar-refractivity contribution is 0.583. The molecule has 8 heteroatoms. The van der Waals surface area contributed by atoms with Crippen LogP contribution in [0.25, 0.3) is 0 Å². The van der Waals surface area contributed by atoms with Gasteiger partial charge in [-0.15, -0.1) is 24.0 Å². The number of nitrogens with one attached hydrogen (secondary N) is 2. The van der Waals surface area contributed by atoms with Gasteiger partial charge in [-0.25, -0.2) is 13.1 Å². The molecule has 6 nitrogen and oxygen atoms in total. The van der Waals surface area contributed by atoms with Crippen molar-refractivity contribution in [3.05, 3.63) is 29.8 Å². The minimum Gasteiger partial charge on any atom is -0.356 e. The van der Waals surface area contributed by atoms with Crippen LogP contribution in [0.2, 0.25) is 0 Å². The Morgan fingerprint density at radius 3 is 2.74 bits per heavy atom. The summed E-state index contributed by atoms with van der Waals surface area (Å²) < 4.78 is 25.3. The van der Waals surface area contributed by atoms with Crippen molar-refractivity contribution < 1.29 is 8.42 Å². The number of anilines is 1. The maximum Gasteiger partial charge on any atom is 0.211 e. The largest absolute Gasteiger partial charge is 0.356 e. The van der Waals surface area contributed by atoms with Crippen molar-refractivity contribution in [1.29, 1.82) is 0 Å². The van der Waals surface area contributed by atoms with Crippen molar-refractivity contribution in [2.75, 3.05) is 36.8 Å². The van der Waals surface area contributed by atoms with Crippen LogP contribution in [0.5, 0.6) is 0 Å². The molecule has 1 aliphatic rings. The van der Waals surface area contributed by atoms with E-state index >= 15 is 0 Å². The van der Waals surface area contributed by atoms with E-state index in [4.69, 9.17) is 0 Å². The SMILES string of the molecule is CCNC(=NCCNS(=O)(=O)CC)N1CCc2ccccc21.I. The molecule has 0 aliphatic carbocycles. The van der Waals surface area contributed by atoms with E-state index in [1.807, 2.05) is 19.1 Å². The second kappa shape index (κ2) is 9.43. The molecule has 2 N–H and O–H groups in total. The lowest BCUT2D eigenvalue weighted by atomic mass is 10.2. The van der Waals surface area contributed by atoms with Crippen LogP contribution in [0.3, 0.4) is 0 Å². The molecule has 1 heterocycles. The van der Waals surface area contributed by atoms with Crippen LogP contribution in [0, 0.1) is 0 Å². The zero-order valence-corrected chi connectivity index (χ0v) is 16.7. The third-order valence-electron chi connectivity index (χ3n) is 3.55. The van der Waals surface area contributed by atoms with E-state index in [2.05, 4.69) is 32.1 Å². The van der Waals surface area contributed by atoms with Crippen molar-refractivity contribution in [3.8, 4) is 0 Å². The molecular weight excluding hydrogens is 427 g/mol. The summed E-state index contributed by atoms with van der Waals surface area (Å²) in [6, 6.07) is 8.30. The van der Waals surface area contributed by atoms with Gasteiger partial charge in [0.25, 0.3) is 0 Å². The topological polar surface area (TPSA) is 73.8 Å². The lowest BCUT2D eigenvalue weighted by Crippen LogP contribution is -2.41. The molecule has 0 fully saturated rings. The third-order valence-corrected chi connectivity index (χ3v) is 4.96. The number of hydrogen-bond donors (Lipinski definition) is 2. The summed E-state index contributed by atoms with van der Waals surface area (Å²) in [5.74, 6) is 0.902. The summed E-state index contributed by atoms with van der Waals surface area (Å²) >= 11 is 0. The number of fused-ring (bicyclic) bond motifs is 1. The van der Waals surface area contributed by atoms with Gasteiger partial charge in [-0.3, -0.25) is 4.99 Å². The molecule has 0 radical (unpaired) electrons. The third kappa shape index (κ3) is 5.61. The van der Waals surface area contributed by atoms with Crippen LogP contribution in [-0.2, 0) is 16.4 Å². The standard InChI is InChI=1S/C15H24N4O2S.HI/c1-3-16-15(17-10-11-18-22(20,21)4-2)19-12-9-13-7-5-6-8-14(13)19;/h5-8,18H,3-4,9-12H2,1-2H3,(H,16,17);1H. The Morgan fingerprint density at radius 1 is 1.30 bits per heavy atom. The maximum atomic E-state index is 11.4. The first kappa shape index (κ1) is 20.2. The van der Waals surface area contributed by atoms with Crippen molar-refractivity contribution in [3.63, 3.8) is 0 Å². The van der Waals surface area contributed by atoms with E-state index in [1.165, 1.54) is 11.3 Å². The van der Waals surface area contributed by atoms with Crippen LogP contribution < -0.4 is 14.9 Å². The van der Waals surface area contributed by atoms with Gasteiger partial charge in [-0.1, -0.05) is 18.2 Å². The fourth-order valence-corrected chi connectivity index (χ4v) is 3.02. The number of hydrogen-bond acceptors (Lipinski definition) is 3. The minimum atomic E-state index is -3.15.